The van der Waals surface area contributed by atoms with Gasteiger partial charge in [-0.15, -0.1) is 0 Å². The van der Waals surface area contributed by atoms with Crippen LogP contribution in [0.25, 0.3) is 0 Å². The molecule has 2 N–H and O–H groups in total. The molecule has 1 heterocycles. The number of nitrogens with one attached hydrogen (secondary N) is 2. The molecule has 1 unspecified atom stereocenters. The van der Waals surface area contributed by atoms with Crippen LogP contribution in [0, 0.1) is 0 Å². The number of rotatable bonds is 4. The molecule has 2 fully saturated rings. The smallest absolute Gasteiger partial charge is 0.0620 e. The van der Waals surface area contributed by atoms with Crippen molar-refractivity contribution in [1.82, 2.24) is 10.6 Å². The van der Waals surface area contributed by atoms with E-state index in [0.717, 1.165) is 26.3 Å². The van der Waals surface area contributed by atoms with Crippen molar-refractivity contribution in [3.63, 3.8) is 0 Å². The Labute approximate surface area is 86.6 Å². The molecule has 2 aliphatic rings. The van der Waals surface area contributed by atoms with Crippen molar-refractivity contribution >= 4 is 0 Å². The first-order valence-electron chi connectivity index (χ1n) is 5.85. The summed E-state index contributed by atoms with van der Waals surface area (Å²) in [5, 5.41) is 7.12. The van der Waals surface area contributed by atoms with Crippen LogP contribution in [0.2, 0.25) is 0 Å². The van der Waals surface area contributed by atoms with E-state index in [1.807, 2.05) is 0 Å². The van der Waals surface area contributed by atoms with Crippen molar-refractivity contribution in [3.05, 3.63) is 0 Å². The minimum absolute atomic E-state index is 0.454. The molecule has 3 heteroatoms. The molecule has 2 rings (SSSR count). The molecule has 1 saturated heterocycles. The molecule has 0 aromatic rings. The average Bonchev–Trinajstić information content (AvgIpc) is 2.17. The Kier molecular flexibility index (Phi) is 3.42. The highest BCUT2D eigenvalue weighted by Crippen LogP contribution is 2.30. The van der Waals surface area contributed by atoms with Crippen molar-refractivity contribution in [2.24, 2.45) is 0 Å². The van der Waals surface area contributed by atoms with E-state index in [1.165, 1.54) is 25.7 Å². The standard InChI is InChI=1S/C11H22N2O/c1-11(4-2-5-11)13-6-3-10-9-14-8-7-12-10/h10,12-13H,2-9H2,1H3. The SMILES string of the molecule is CC1(NCCC2COCCN2)CCC1. The molecule has 1 aliphatic carbocycles. The second-order valence-corrected chi connectivity index (χ2v) is 4.86. The maximum Gasteiger partial charge on any atom is 0.0620 e. The lowest BCUT2D eigenvalue weighted by Crippen LogP contribution is -2.50. The zero-order chi connectivity index (χ0) is 9.86. The Balaban J connectivity index is 1.57. The van der Waals surface area contributed by atoms with Gasteiger partial charge in [0.1, 0.15) is 0 Å². The molecule has 0 bridgehead atoms. The summed E-state index contributed by atoms with van der Waals surface area (Å²) in [5.41, 5.74) is 0.454. The first-order chi connectivity index (χ1) is 6.79. The molecule has 0 radical (unpaired) electrons. The third-order valence-corrected chi connectivity index (χ3v) is 3.50. The summed E-state index contributed by atoms with van der Waals surface area (Å²) < 4.78 is 5.41. The van der Waals surface area contributed by atoms with Crippen LogP contribution in [0.3, 0.4) is 0 Å². The highest BCUT2D eigenvalue weighted by Gasteiger charge is 2.30. The molecule has 0 spiro atoms. The predicted molar refractivity (Wildman–Crippen MR) is 57.5 cm³/mol. The van der Waals surface area contributed by atoms with Gasteiger partial charge in [0, 0.05) is 18.1 Å². The van der Waals surface area contributed by atoms with Gasteiger partial charge in [-0.2, -0.15) is 0 Å². The topological polar surface area (TPSA) is 33.3 Å². The van der Waals surface area contributed by atoms with Gasteiger partial charge in [0.25, 0.3) is 0 Å². The van der Waals surface area contributed by atoms with Crippen molar-refractivity contribution in [1.29, 1.82) is 0 Å². The number of morpholine rings is 1. The van der Waals surface area contributed by atoms with Gasteiger partial charge in [-0.25, -0.2) is 0 Å². The summed E-state index contributed by atoms with van der Waals surface area (Å²) in [4.78, 5) is 0. The van der Waals surface area contributed by atoms with Crippen LogP contribution in [0.4, 0.5) is 0 Å². The van der Waals surface area contributed by atoms with Crippen LogP contribution < -0.4 is 10.6 Å². The van der Waals surface area contributed by atoms with E-state index in [9.17, 15) is 0 Å². The lowest BCUT2D eigenvalue weighted by atomic mass is 9.78. The quantitative estimate of drug-likeness (QED) is 0.704. The van der Waals surface area contributed by atoms with Gasteiger partial charge >= 0.3 is 0 Å². The fourth-order valence-corrected chi connectivity index (χ4v) is 2.24. The molecule has 1 aliphatic heterocycles. The highest BCUT2D eigenvalue weighted by molar-refractivity contribution is 4.91. The monoisotopic (exact) mass is 198 g/mol. The Morgan fingerprint density at radius 2 is 2.36 bits per heavy atom. The molecule has 0 aromatic heterocycles. The fraction of sp³-hybridized carbons (Fsp3) is 1.00. The predicted octanol–water partition coefficient (Wildman–Crippen LogP) is 0.897. The first-order valence-corrected chi connectivity index (χ1v) is 5.85. The number of hydrogen-bond donors (Lipinski definition) is 2. The molecular weight excluding hydrogens is 176 g/mol. The minimum atomic E-state index is 0.454. The normalized spacial score (nSPS) is 31.1. The summed E-state index contributed by atoms with van der Waals surface area (Å²) in [6.07, 6.45) is 5.28. The van der Waals surface area contributed by atoms with E-state index >= 15 is 0 Å². The Bertz CT molecular complexity index is 174. The number of hydrogen-bond acceptors (Lipinski definition) is 3. The molecular formula is C11H22N2O. The van der Waals surface area contributed by atoms with E-state index in [4.69, 9.17) is 4.74 Å². The van der Waals surface area contributed by atoms with Crippen LogP contribution in [-0.2, 0) is 4.74 Å². The van der Waals surface area contributed by atoms with Gasteiger partial charge in [0.15, 0.2) is 0 Å². The third kappa shape index (κ3) is 2.69. The van der Waals surface area contributed by atoms with Crippen LogP contribution in [0.1, 0.15) is 32.6 Å². The Hall–Kier alpha value is -0.120. The molecule has 14 heavy (non-hydrogen) atoms. The van der Waals surface area contributed by atoms with E-state index in [-0.39, 0.29) is 0 Å². The molecule has 3 nitrogen and oxygen atoms in total. The molecule has 1 atom stereocenters. The maximum atomic E-state index is 5.41. The van der Waals surface area contributed by atoms with E-state index in [2.05, 4.69) is 17.6 Å². The zero-order valence-electron chi connectivity index (χ0n) is 9.14. The van der Waals surface area contributed by atoms with Crippen LogP contribution in [-0.4, -0.2) is 37.9 Å². The highest BCUT2D eigenvalue weighted by atomic mass is 16.5. The fourth-order valence-electron chi connectivity index (χ4n) is 2.24. The molecule has 82 valence electrons. The lowest BCUT2D eigenvalue weighted by molar-refractivity contribution is 0.0724. The zero-order valence-corrected chi connectivity index (χ0v) is 9.14. The van der Waals surface area contributed by atoms with Crippen LogP contribution in [0.5, 0.6) is 0 Å². The minimum Gasteiger partial charge on any atom is -0.379 e. The van der Waals surface area contributed by atoms with Crippen molar-refractivity contribution < 1.29 is 4.74 Å². The Morgan fingerprint density at radius 1 is 1.50 bits per heavy atom. The van der Waals surface area contributed by atoms with E-state index < -0.39 is 0 Å². The molecule has 0 amide bonds. The van der Waals surface area contributed by atoms with Gasteiger partial charge in [-0.05, 0) is 39.2 Å². The van der Waals surface area contributed by atoms with Crippen LogP contribution >= 0.6 is 0 Å². The number of ether oxygens (including phenoxy) is 1. The van der Waals surface area contributed by atoms with E-state index in [1.54, 1.807) is 0 Å². The largest absolute Gasteiger partial charge is 0.379 e. The maximum absolute atomic E-state index is 5.41. The Morgan fingerprint density at radius 3 is 2.93 bits per heavy atom. The van der Waals surface area contributed by atoms with Crippen molar-refractivity contribution in [3.8, 4) is 0 Å². The second kappa shape index (κ2) is 4.60. The van der Waals surface area contributed by atoms with Gasteiger partial charge in [0.2, 0.25) is 0 Å². The average molecular weight is 198 g/mol. The summed E-state index contributed by atoms with van der Waals surface area (Å²) in [7, 11) is 0. The summed E-state index contributed by atoms with van der Waals surface area (Å²) in [6, 6.07) is 0.569. The van der Waals surface area contributed by atoms with Gasteiger partial charge in [-0.1, -0.05) is 0 Å². The first kappa shape index (κ1) is 10.4. The third-order valence-electron chi connectivity index (χ3n) is 3.50. The molecule has 1 saturated carbocycles. The van der Waals surface area contributed by atoms with Gasteiger partial charge in [-0.3, -0.25) is 0 Å². The van der Waals surface area contributed by atoms with Gasteiger partial charge in [0.05, 0.1) is 13.2 Å². The second-order valence-electron chi connectivity index (χ2n) is 4.86. The van der Waals surface area contributed by atoms with Crippen molar-refractivity contribution in [2.45, 2.75) is 44.2 Å². The molecule has 0 aromatic carbocycles. The van der Waals surface area contributed by atoms with Crippen molar-refractivity contribution in [2.75, 3.05) is 26.3 Å². The van der Waals surface area contributed by atoms with E-state index in [0.29, 0.717) is 11.6 Å². The summed E-state index contributed by atoms with van der Waals surface area (Å²) in [5.74, 6) is 0. The lowest BCUT2D eigenvalue weighted by Gasteiger charge is -2.40. The van der Waals surface area contributed by atoms with Gasteiger partial charge < -0.3 is 15.4 Å². The summed E-state index contributed by atoms with van der Waals surface area (Å²) >= 11 is 0. The van der Waals surface area contributed by atoms with Crippen LogP contribution in [0.15, 0.2) is 0 Å². The summed E-state index contributed by atoms with van der Waals surface area (Å²) in [6.45, 7) is 6.24.